The van der Waals surface area contributed by atoms with Gasteiger partial charge in [-0.2, -0.15) is 0 Å². The van der Waals surface area contributed by atoms with Gasteiger partial charge < -0.3 is 23.7 Å². The van der Waals surface area contributed by atoms with E-state index in [-0.39, 0.29) is 6.61 Å². The van der Waals surface area contributed by atoms with Crippen molar-refractivity contribution in [2.75, 3.05) is 13.2 Å². The summed E-state index contributed by atoms with van der Waals surface area (Å²) in [6, 6.07) is 0. The Balaban J connectivity index is 3.22. The van der Waals surface area contributed by atoms with Crippen LogP contribution in [0.25, 0.3) is 0 Å². The van der Waals surface area contributed by atoms with Gasteiger partial charge in [-0.1, -0.05) is 6.92 Å². The standard InChI is InChI=1S/C16H25NO9/c1-6-17-16-15(25-11(5)21)14(24-10(4)20)13(23-9(3)19)12(26-16)7-22-8(2)18/h12-17H,6-7H2,1-5H3/t12-,13-,14+,15-,16-/m1/s1. The van der Waals surface area contributed by atoms with Crippen LogP contribution < -0.4 is 5.32 Å². The van der Waals surface area contributed by atoms with Crippen molar-refractivity contribution in [3.8, 4) is 0 Å². The van der Waals surface area contributed by atoms with Gasteiger partial charge in [0.2, 0.25) is 0 Å². The molecule has 1 N–H and O–H groups in total. The zero-order chi connectivity index (χ0) is 19.9. The average Bonchev–Trinajstić information content (AvgIpc) is 2.50. The van der Waals surface area contributed by atoms with Crippen molar-refractivity contribution >= 4 is 23.9 Å². The van der Waals surface area contributed by atoms with E-state index < -0.39 is 54.5 Å². The fourth-order valence-corrected chi connectivity index (χ4v) is 2.59. The predicted molar refractivity (Wildman–Crippen MR) is 85.6 cm³/mol. The predicted octanol–water partition coefficient (Wildman–Crippen LogP) is -0.321. The Morgan fingerprint density at radius 2 is 1.31 bits per heavy atom. The zero-order valence-corrected chi connectivity index (χ0v) is 15.5. The van der Waals surface area contributed by atoms with Crippen LogP contribution >= 0.6 is 0 Å². The quantitative estimate of drug-likeness (QED) is 0.467. The number of likely N-dealkylation sites (N-methyl/N-ethyl adjacent to an activating group) is 1. The summed E-state index contributed by atoms with van der Waals surface area (Å²) >= 11 is 0. The molecule has 1 aliphatic heterocycles. The second-order valence-electron chi connectivity index (χ2n) is 5.68. The second-order valence-corrected chi connectivity index (χ2v) is 5.68. The van der Waals surface area contributed by atoms with Crippen molar-refractivity contribution < 1.29 is 42.9 Å². The molecule has 0 aliphatic carbocycles. The van der Waals surface area contributed by atoms with Gasteiger partial charge in [-0.3, -0.25) is 24.5 Å². The normalized spacial score (nSPS) is 28.0. The Kier molecular flexibility index (Phi) is 8.46. The Hall–Kier alpha value is -2.20. The van der Waals surface area contributed by atoms with Gasteiger partial charge in [0.1, 0.15) is 18.9 Å². The molecular formula is C16H25NO9. The Morgan fingerprint density at radius 3 is 1.77 bits per heavy atom. The lowest BCUT2D eigenvalue weighted by molar-refractivity contribution is -0.257. The van der Waals surface area contributed by atoms with E-state index in [0.29, 0.717) is 6.54 Å². The molecule has 1 heterocycles. The summed E-state index contributed by atoms with van der Waals surface area (Å²) in [6.07, 6.45) is -5.12. The largest absolute Gasteiger partial charge is 0.463 e. The van der Waals surface area contributed by atoms with Crippen LogP contribution in [0.15, 0.2) is 0 Å². The molecule has 0 spiro atoms. The fraction of sp³-hybridized carbons (Fsp3) is 0.750. The molecule has 148 valence electrons. The van der Waals surface area contributed by atoms with Crippen LogP contribution in [0, 0.1) is 0 Å². The molecule has 10 nitrogen and oxygen atoms in total. The Labute approximate surface area is 151 Å². The average molecular weight is 375 g/mol. The smallest absolute Gasteiger partial charge is 0.303 e. The fourth-order valence-electron chi connectivity index (χ4n) is 2.59. The van der Waals surface area contributed by atoms with Crippen LogP contribution in [-0.2, 0) is 42.9 Å². The highest BCUT2D eigenvalue weighted by molar-refractivity contribution is 5.68. The molecule has 5 atom stereocenters. The molecule has 26 heavy (non-hydrogen) atoms. The molecule has 0 amide bonds. The lowest BCUT2D eigenvalue weighted by Crippen LogP contribution is -2.65. The van der Waals surface area contributed by atoms with Crippen LogP contribution in [0.2, 0.25) is 0 Å². The van der Waals surface area contributed by atoms with Gasteiger partial charge in [0.15, 0.2) is 18.3 Å². The van der Waals surface area contributed by atoms with Crippen LogP contribution in [0.5, 0.6) is 0 Å². The number of hydrogen-bond acceptors (Lipinski definition) is 10. The molecule has 0 saturated carbocycles. The van der Waals surface area contributed by atoms with Crippen LogP contribution in [-0.4, -0.2) is 67.7 Å². The minimum absolute atomic E-state index is 0.236. The number of nitrogens with one attached hydrogen (secondary N) is 1. The van der Waals surface area contributed by atoms with E-state index in [9.17, 15) is 19.2 Å². The maximum atomic E-state index is 11.6. The minimum Gasteiger partial charge on any atom is -0.463 e. The molecule has 0 unspecified atom stereocenters. The van der Waals surface area contributed by atoms with Gasteiger partial charge in [0, 0.05) is 27.7 Å². The number of ether oxygens (including phenoxy) is 5. The van der Waals surface area contributed by atoms with Gasteiger partial charge in [-0.15, -0.1) is 0 Å². The molecule has 1 fully saturated rings. The number of esters is 4. The Bertz CT molecular complexity index is 536. The first-order valence-electron chi connectivity index (χ1n) is 8.19. The third-order valence-electron chi connectivity index (χ3n) is 3.40. The summed E-state index contributed by atoms with van der Waals surface area (Å²) in [7, 11) is 0. The van der Waals surface area contributed by atoms with Gasteiger partial charge >= 0.3 is 23.9 Å². The molecule has 1 aliphatic rings. The molecule has 0 aromatic rings. The molecular weight excluding hydrogens is 350 g/mol. The van der Waals surface area contributed by atoms with Crippen molar-refractivity contribution in [2.45, 2.75) is 65.3 Å². The van der Waals surface area contributed by atoms with E-state index in [1.165, 1.54) is 27.7 Å². The lowest BCUT2D eigenvalue weighted by atomic mass is 9.97. The first-order chi connectivity index (χ1) is 12.1. The highest BCUT2D eigenvalue weighted by atomic mass is 16.7. The highest BCUT2D eigenvalue weighted by Gasteiger charge is 2.51. The number of carbonyl (C=O) groups excluding carboxylic acids is 4. The number of hydrogen-bond donors (Lipinski definition) is 1. The van der Waals surface area contributed by atoms with Crippen molar-refractivity contribution in [2.24, 2.45) is 0 Å². The van der Waals surface area contributed by atoms with Crippen molar-refractivity contribution in [3.63, 3.8) is 0 Å². The summed E-state index contributed by atoms with van der Waals surface area (Å²) in [4.78, 5) is 45.7. The summed E-state index contributed by atoms with van der Waals surface area (Å²) < 4.78 is 26.5. The van der Waals surface area contributed by atoms with Crippen molar-refractivity contribution in [1.82, 2.24) is 5.32 Å². The van der Waals surface area contributed by atoms with E-state index in [4.69, 9.17) is 23.7 Å². The maximum Gasteiger partial charge on any atom is 0.303 e. The first-order valence-corrected chi connectivity index (χ1v) is 8.19. The monoisotopic (exact) mass is 375 g/mol. The van der Waals surface area contributed by atoms with E-state index in [0.717, 1.165) is 0 Å². The van der Waals surface area contributed by atoms with Gasteiger partial charge in [-0.05, 0) is 6.54 Å². The lowest BCUT2D eigenvalue weighted by Gasteiger charge is -2.44. The molecule has 0 bridgehead atoms. The van der Waals surface area contributed by atoms with Crippen LogP contribution in [0.4, 0.5) is 0 Å². The summed E-state index contributed by atoms with van der Waals surface area (Å²) in [5, 5.41) is 2.96. The molecule has 0 aromatic carbocycles. The van der Waals surface area contributed by atoms with Crippen molar-refractivity contribution in [1.29, 1.82) is 0 Å². The summed E-state index contributed by atoms with van der Waals surface area (Å²) in [6.45, 7) is 6.78. The van der Waals surface area contributed by atoms with Gasteiger partial charge in [0.05, 0.1) is 0 Å². The van der Waals surface area contributed by atoms with E-state index in [1.807, 2.05) is 0 Å². The van der Waals surface area contributed by atoms with E-state index in [1.54, 1.807) is 6.92 Å². The SMILES string of the molecule is CCN[C@@H]1O[C@H](COC(C)=O)[C@@H](OC(C)=O)[C@H](OC(C)=O)[C@H]1OC(C)=O. The van der Waals surface area contributed by atoms with Crippen LogP contribution in [0.1, 0.15) is 34.6 Å². The molecule has 0 radical (unpaired) electrons. The number of rotatable bonds is 7. The van der Waals surface area contributed by atoms with Crippen LogP contribution in [0.3, 0.4) is 0 Å². The maximum absolute atomic E-state index is 11.6. The minimum atomic E-state index is -1.14. The molecule has 1 saturated heterocycles. The van der Waals surface area contributed by atoms with E-state index in [2.05, 4.69) is 5.32 Å². The summed E-state index contributed by atoms with van der Waals surface area (Å²) in [5.41, 5.74) is 0. The van der Waals surface area contributed by atoms with Crippen molar-refractivity contribution in [3.05, 3.63) is 0 Å². The topological polar surface area (TPSA) is 126 Å². The van der Waals surface area contributed by atoms with E-state index >= 15 is 0 Å². The zero-order valence-electron chi connectivity index (χ0n) is 15.5. The molecule has 10 heteroatoms. The van der Waals surface area contributed by atoms with Gasteiger partial charge in [0.25, 0.3) is 0 Å². The third-order valence-corrected chi connectivity index (χ3v) is 3.40. The summed E-state index contributed by atoms with van der Waals surface area (Å²) in [5.74, 6) is -2.50. The first kappa shape index (κ1) is 21.8. The molecule has 1 rings (SSSR count). The third kappa shape index (κ3) is 6.60. The highest BCUT2D eigenvalue weighted by Crippen LogP contribution is 2.28. The molecule has 0 aromatic heterocycles. The Morgan fingerprint density at radius 1 is 0.808 bits per heavy atom. The van der Waals surface area contributed by atoms with Gasteiger partial charge in [-0.25, -0.2) is 0 Å². The number of carbonyl (C=O) groups is 4. The second kappa shape index (κ2) is 10.1.